The standard InChI is InChI=1S/C45H33N3Si/c1-49(2)40-28-26-34-15-9-10-16-38(34)42(40)39-27-25-37(29-41(39)49)45-47-43(35-21-17-32(18-22-35)30-11-5-3-6-12-30)46-44(48-45)36-23-19-33(20-24-36)31-13-7-4-8-14-31/h3-29H,1-2H3. The highest BCUT2D eigenvalue weighted by Crippen LogP contribution is 2.36. The van der Waals surface area contributed by atoms with Crippen LogP contribution in [0.25, 0.3) is 78.3 Å². The zero-order valence-electron chi connectivity index (χ0n) is 27.4. The van der Waals surface area contributed by atoms with Gasteiger partial charge in [0.25, 0.3) is 0 Å². The van der Waals surface area contributed by atoms with E-state index in [9.17, 15) is 0 Å². The number of aromatic nitrogens is 3. The Morgan fingerprint density at radius 2 is 0.816 bits per heavy atom. The Hall–Kier alpha value is -5.97. The normalized spacial score (nSPS) is 12.9. The largest absolute Gasteiger partial charge is 0.208 e. The summed E-state index contributed by atoms with van der Waals surface area (Å²) in [5.74, 6) is 2.02. The summed E-state index contributed by atoms with van der Waals surface area (Å²) in [6.45, 7) is 4.92. The molecular formula is C45H33N3Si. The Morgan fingerprint density at radius 3 is 1.39 bits per heavy atom. The topological polar surface area (TPSA) is 38.7 Å². The van der Waals surface area contributed by atoms with Gasteiger partial charge in [0, 0.05) is 16.7 Å². The van der Waals surface area contributed by atoms with E-state index in [1.165, 1.54) is 43.4 Å². The molecule has 9 rings (SSSR count). The highest BCUT2D eigenvalue weighted by Gasteiger charge is 2.38. The molecule has 0 saturated carbocycles. The molecule has 0 bridgehead atoms. The molecule has 0 fully saturated rings. The molecule has 0 saturated heterocycles. The molecule has 0 amide bonds. The van der Waals surface area contributed by atoms with Gasteiger partial charge in [0.2, 0.25) is 0 Å². The van der Waals surface area contributed by atoms with E-state index in [4.69, 9.17) is 15.0 Å². The van der Waals surface area contributed by atoms with Crippen molar-refractivity contribution in [3.05, 3.63) is 164 Å². The third-order valence-corrected chi connectivity index (χ3v) is 13.5. The first kappa shape index (κ1) is 29.2. The van der Waals surface area contributed by atoms with Gasteiger partial charge < -0.3 is 0 Å². The lowest BCUT2D eigenvalue weighted by Crippen LogP contribution is -2.49. The van der Waals surface area contributed by atoms with Gasteiger partial charge in [0.15, 0.2) is 17.5 Å². The van der Waals surface area contributed by atoms with E-state index in [0.717, 1.165) is 27.8 Å². The minimum atomic E-state index is -1.97. The minimum absolute atomic E-state index is 0.665. The second kappa shape index (κ2) is 11.6. The van der Waals surface area contributed by atoms with Crippen LogP contribution in [0.4, 0.5) is 0 Å². The maximum Gasteiger partial charge on any atom is 0.164 e. The van der Waals surface area contributed by atoms with Crippen molar-refractivity contribution in [2.24, 2.45) is 0 Å². The van der Waals surface area contributed by atoms with Crippen molar-refractivity contribution >= 4 is 29.2 Å². The molecule has 4 heteroatoms. The van der Waals surface area contributed by atoms with Crippen molar-refractivity contribution in [1.29, 1.82) is 0 Å². The fourth-order valence-electron chi connectivity index (χ4n) is 7.29. The zero-order chi connectivity index (χ0) is 33.0. The molecule has 1 aliphatic rings. The highest BCUT2D eigenvalue weighted by atomic mass is 28.3. The van der Waals surface area contributed by atoms with Gasteiger partial charge in [0.1, 0.15) is 8.07 Å². The van der Waals surface area contributed by atoms with Crippen LogP contribution in [-0.2, 0) is 0 Å². The fraction of sp³-hybridized carbons (Fsp3) is 0.0444. The van der Waals surface area contributed by atoms with Crippen LogP contribution in [0.3, 0.4) is 0 Å². The Balaban J connectivity index is 1.17. The summed E-state index contributed by atoms with van der Waals surface area (Å²) in [5.41, 5.74) is 10.4. The molecular weight excluding hydrogens is 611 g/mol. The molecule has 2 heterocycles. The number of hydrogen-bond donors (Lipinski definition) is 0. The third kappa shape index (κ3) is 5.09. The summed E-state index contributed by atoms with van der Waals surface area (Å²) in [6, 6.07) is 58.2. The maximum atomic E-state index is 5.13. The number of benzene rings is 7. The van der Waals surface area contributed by atoms with E-state index in [-0.39, 0.29) is 0 Å². The van der Waals surface area contributed by atoms with E-state index in [1.54, 1.807) is 0 Å². The van der Waals surface area contributed by atoms with Crippen molar-refractivity contribution < 1.29 is 0 Å². The van der Waals surface area contributed by atoms with E-state index >= 15 is 0 Å². The zero-order valence-corrected chi connectivity index (χ0v) is 28.4. The molecule has 0 radical (unpaired) electrons. The van der Waals surface area contributed by atoms with Crippen LogP contribution >= 0.6 is 0 Å². The van der Waals surface area contributed by atoms with Crippen LogP contribution in [0.1, 0.15) is 0 Å². The van der Waals surface area contributed by atoms with Crippen LogP contribution in [-0.4, -0.2) is 23.0 Å². The summed E-state index contributed by atoms with van der Waals surface area (Å²) in [5, 5.41) is 5.53. The van der Waals surface area contributed by atoms with E-state index in [2.05, 4.69) is 165 Å². The average Bonchev–Trinajstić information content (AvgIpc) is 3.41. The van der Waals surface area contributed by atoms with Gasteiger partial charge in [-0.05, 0) is 54.5 Å². The van der Waals surface area contributed by atoms with Crippen molar-refractivity contribution in [2.75, 3.05) is 0 Å². The monoisotopic (exact) mass is 643 g/mol. The lowest BCUT2D eigenvalue weighted by Gasteiger charge is -2.19. The molecule has 1 aliphatic heterocycles. The second-order valence-corrected chi connectivity index (χ2v) is 17.6. The Bertz CT molecular complexity index is 2390. The first-order chi connectivity index (χ1) is 24.0. The smallest absolute Gasteiger partial charge is 0.164 e. The van der Waals surface area contributed by atoms with E-state index in [1.807, 2.05) is 12.1 Å². The van der Waals surface area contributed by atoms with Gasteiger partial charge in [-0.3, -0.25) is 0 Å². The molecule has 3 nitrogen and oxygen atoms in total. The predicted octanol–water partition coefficient (Wildman–Crippen LogP) is 10.2. The number of nitrogens with zero attached hydrogens (tertiary/aromatic N) is 3. The third-order valence-electron chi connectivity index (χ3n) is 9.96. The van der Waals surface area contributed by atoms with Gasteiger partial charge in [-0.1, -0.05) is 177 Å². The quantitative estimate of drug-likeness (QED) is 0.175. The minimum Gasteiger partial charge on any atom is -0.208 e. The molecule has 7 aromatic carbocycles. The Morgan fingerprint density at radius 1 is 0.367 bits per heavy atom. The maximum absolute atomic E-state index is 5.13. The van der Waals surface area contributed by atoms with Crippen LogP contribution in [0.5, 0.6) is 0 Å². The summed E-state index contributed by atoms with van der Waals surface area (Å²) in [6.07, 6.45) is 0. The second-order valence-electron chi connectivity index (χ2n) is 13.3. The summed E-state index contributed by atoms with van der Waals surface area (Å²) < 4.78 is 0. The van der Waals surface area contributed by atoms with Gasteiger partial charge in [-0.2, -0.15) is 0 Å². The Kier molecular flexibility index (Phi) is 6.92. The molecule has 0 spiro atoms. The van der Waals surface area contributed by atoms with Crippen molar-refractivity contribution in [3.8, 4) is 67.5 Å². The summed E-state index contributed by atoms with van der Waals surface area (Å²) >= 11 is 0. The van der Waals surface area contributed by atoms with Crippen LogP contribution in [0.15, 0.2) is 164 Å². The van der Waals surface area contributed by atoms with Crippen LogP contribution in [0.2, 0.25) is 13.1 Å². The summed E-state index contributed by atoms with van der Waals surface area (Å²) in [7, 11) is -1.97. The van der Waals surface area contributed by atoms with Crippen molar-refractivity contribution in [3.63, 3.8) is 0 Å². The van der Waals surface area contributed by atoms with Gasteiger partial charge >= 0.3 is 0 Å². The van der Waals surface area contributed by atoms with Crippen LogP contribution < -0.4 is 10.4 Å². The number of hydrogen-bond acceptors (Lipinski definition) is 3. The molecule has 0 atom stereocenters. The number of rotatable bonds is 5. The fourth-order valence-corrected chi connectivity index (χ4v) is 10.4. The number of fused-ring (bicyclic) bond motifs is 5. The summed E-state index contributed by atoms with van der Waals surface area (Å²) in [4.78, 5) is 15.3. The molecule has 0 N–H and O–H groups in total. The lowest BCUT2D eigenvalue weighted by atomic mass is 9.97. The first-order valence-electron chi connectivity index (χ1n) is 16.8. The molecule has 232 valence electrons. The van der Waals surface area contributed by atoms with Crippen LogP contribution in [0, 0.1) is 0 Å². The van der Waals surface area contributed by atoms with Crippen molar-refractivity contribution in [2.45, 2.75) is 13.1 Å². The molecule has 1 aromatic heterocycles. The lowest BCUT2D eigenvalue weighted by molar-refractivity contribution is 1.07. The van der Waals surface area contributed by atoms with Gasteiger partial charge in [-0.25, -0.2) is 15.0 Å². The molecule has 0 aliphatic carbocycles. The molecule has 49 heavy (non-hydrogen) atoms. The first-order valence-corrected chi connectivity index (χ1v) is 19.8. The van der Waals surface area contributed by atoms with Crippen molar-refractivity contribution in [1.82, 2.24) is 15.0 Å². The molecule has 8 aromatic rings. The average molecular weight is 644 g/mol. The predicted molar refractivity (Wildman–Crippen MR) is 207 cm³/mol. The van der Waals surface area contributed by atoms with E-state index in [0.29, 0.717) is 17.5 Å². The molecule has 0 unspecified atom stereocenters. The Labute approximate surface area is 287 Å². The van der Waals surface area contributed by atoms with Gasteiger partial charge in [0.05, 0.1) is 0 Å². The SMILES string of the molecule is C[Si]1(C)c2cc(-c3nc(-c4ccc(-c5ccccc5)cc4)nc(-c4ccc(-c5ccccc5)cc4)n3)ccc2-c2c1ccc1ccccc21. The van der Waals surface area contributed by atoms with Gasteiger partial charge in [-0.15, -0.1) is 0 Å². The highest BCUT2D eigenvalue weighted by molar-refractivity contribution is 7.04. The van der Waals surface area contributed by atoms with E-state index < -0.39 is 8.07 Å².